The van der Waals surface area contributed by atoms with Crippen molar-refractivity contribution in [2.75, 3.05) is 31.7 Å². The number of aromatic nitrogens is 4. The van der Waals surface area contributed by atoms with Gasteiger partial charge in [-0.2, -0.15) is 4.52 Å². The Morgan fingerprint density at radius 2 is 2.17 bits per heavy atom. The number of nitrogens with zero attached hydrogens (tertiary/aromatic N) is 5. The minimum absolute atomic E-state index is 0.149. The Kier molecular flexibility index (Phi) is 4.40. The Morgan fingerprint density at radius 3 is 2.88 bits per heavy atom. The van der Waals surface area contributed by atoms with Gasteiger partial charge in [-0.15, -0.1) is 15.3 Å². The molecule has 1 atom stereocenters. The second-order valence-electron chi connectivity index (χ2n) is 6.95. The first-order valence-corrected chi connectivity index (χ1v) is 8.05. The van der Waals surface area contributed by atoms with Crippen LogP contribution in [0.3, 0.4) is 0 Å². The van der Waals surface area contributed by atoms with Crippen molar-refractivity contribution in [2.24, 2.45) is 0 Å². The summed E-state index contributed by atoms with van der Waals surface area (Å²) in [6.45, 7) is 8.12. The van der Waals surface area contributed by atoms with Crippen LogP contribution < -0.4 is 4.90 Å². The van der Waals surface area contributed by atoms with Crippen LogP contribution in [0.15, 0.2) is 12.1 Å². The van der Waals surface area contributed by atoms with E-state index in [0.717, 1.165) is 23.8 Å². The molecule has 0 aliphatic carbocycles. The molecule has 0 N–H and O–H groups in total. The molecular weight excluding hydrogens is 310 g/mol. The minimum atomic E-state index is -0.265. The van der Waals surface area contributed by atoms with Crippen molar-refractivity contribution in [1.29, 1.82) is 0 Å². The van der Waals surface area contributed by atoms with Crippen molar-refractivity contribution in [3.05, 3.63) is 18.0 Å². The first-order chi connectivity index (χ1) is 11.4. The molecular formula is C16H23N5O3. The van der Waals surface area contributed by atoms with Gasteiger partial charge in [0.15, 0.2) is 11.5 Å². The molecule has 0 amide bonds. The molecule has 1 unspecified atom stereocenters. The maximum absolute atomic E-state index is 11.5. The molecule has 2 aromatic heterocycles. The average Bonchev–Trinajstić information content (AvgIpc) is 2.98. The number of ether oxygens (including phenoxy) is 2. The molecule has 3 rings (SSSR count). The lowest BCUT2D eigenvalue weighted by atomic mass is 9.96. The molecule has 0 bridgehead atoms. The van der Waals surface area contributed by atoms with E-state index in [-0.39, 0.29) is 23.9 Å². The van der Waals surface area contributed by atoms with Gasteiger partial charge in [0.25, 0.3) is 0 Å². The third kappa shape index (κ3) is 3.33. The Morgan fingerprint density at radius 1 is 1.38 bits per heavy atom. The fourth-order valence-electron chi connectivity index (χ4n) is 2.74. The second-order valence-corrected chi connectivity index (χ2v) is 6.95. The zero-order chi connectivity index (χ0) is 17.3. The highest BCUT2D eigenvalue weighted by Crippen LogP contribution is 2.22. The lowest BCUT2D eigenvalue weighted by molar-refractivity contribution is -0.144. The van der Waals surface area contributed by atoms with Crippen LogP contribution in [0.25, 0.3) is 5.65 Å². The molecule has 1 aliphatic rings. The Bertz CT molecular complexity index is 737. The van der Waals surface area contributed by atoms with Crippen molar-refractivity contribution in [3.8, 4) is 0 Å². The molecule has 130 valence electrons. The zero-order valence-electron chi connectivity index (χ0n) is 14.5. The molecule has 8 heteroatoms. The van der Waals surface area contributed by atoms with E-state index in [9.17, 15) is 4.79 Å². The Balaban J connectivity index is 1.85. The lowest BCUT2D eigenvalue weighted by Gasteiger charge is -2.33. The molecule has 24 heavy (non-hydrogen) atoms. The van der Waals surface area contributed by atoms with Gasteiger partial charge in [0.1, 0.15) is 5.82 Å². The number of fused-ring (bicyclic) bond motifs is 1. The summed E-state index contributed by atoms with van der Waals surface area (Å²) in [5.74, 6) is 1.38. The van der Waals surface area contributed by atoms with Gasteiger partial charge in [0, 0.05) is 18.5 Å². The summed E-state index contributed by atoms with van der Waals surface area (Å²) >= 11 is 0. The number of carbonyl (C=O) groups is 1. The van der Waals surface area contributed by atoms with Gasteiger partial charge < -0.3 is 14.4 Å². The van der Waals surface area contributed by atoms with Crippen LogP contribution in [-0.2, 0) is 19.7 Å². The number of hydrogen-bond donors (Lipinski definition) is 0. The molecule has 0 radical (unpaired) electrons. The SMILES string of the molecule is COC(=O)CC1CN(c2ccc3nnc(C(C)(C)C)n3n2)CCO1. The van der Waals surface area contributed by atoms with E-state index in [4.69, 9.17) is 14.6 Å². The Hall–Kier alpha value is -2.22. The van der Waals surface area contributed by atoms with Crippen LogP contribution in [0.1, 0.15) is 33.0 Å². The Labute approximate surface area is 140 Å². The highest BCUT2D eigenvalue weighted by atomic mass is 16.5. The van der Waals surface area contributed by atoms with E-state index in [1.807, 2.05) is 12.1 Å². The monoisotopic (exact) mass is 333 g/mol. The van der Waals surface area contributed by atoms with Gasteiger partial charge >= 0.3 is 5.97 Å². The molecule has 0 saturated carbocycles. The van der Waals surface area contributed by atoms with Crippen LogP contribution in [-0.4, -0.2) is 58.7 Å². The molecule has 3 heterocycles. The maximum atomic E-state index is 11.5. The first-order valence-electron chi connectivity index (χ1n) is 8.05. The van der Waals surface area contributed by atoms with E-state index >= 15 is 0 Å². The van der Waals surface area contributed by atoms with Gasteiger partial charge in [-0.25, -0.2) is 0 Å². The lowest BCUT2D eigenvalue weighted by Crippen LogP contribution is -2.44. The van der Waals surface area contributed by atoms with Gasteiger partial charge in [-0.3, -0.25) is 4.79 Å². The van der Waals surface area contributed by atoms with Crippen LogP contribution in [0.4, 0.5) is 5.82 Å². The minimum Gasteiger partial charge on any atom is -0.469 e. The predicted molar refractivity (Wildman–Crippen MR) is 88.1 cm³/mol. The smallest absolute Gasteiger partial charge is 0.308 e. The predicted octanol–water partition coefficient (Wildman–Crippen LogP) is 1.19. The second kappa shape index (κ2) is 6.35. The van der Waals surface area contributed by atoms with E-state index in [0.29, 0.717) is 13.2 Å². The van der Waals surface area contributed by atoms with Crippen LogP contribution in [0.2, 0.25) is 0 Å². The molecule has 8 nitrogen and oxygen atoms in total. The zero-order valence-corrected chi connectivity index (χ0v) is 14.5. The number of hydrogen-bond acceptors (Lipinski definition) is 7. The summed E-state index contributed by atoms with van der Waals surface area (Å²) in [5.41, 5.74) is 0.576. The molecule has 0 aromatic carbocycles. The molecule has 1 fully saturated rings. The van der Waals surface area contributed by atoms with Gasteiger partial charge in [0.05, 0.1) is 26.2 Å². The first kappa shape index (κ1) is 16.6. The molecule has 0 spiro atoms. The van der Waals surface area contributed by atoms with Crippen molar-refractivity contribution >= 4 is 17.4 Å². The maximum Gasteiger partial charge on any atom is 0.308 e. The number of methoxy groups -OCH3 is 1. The summed E-state index contributed by atoms with van der Waals surface area (Å²) in [4.78, 5) is 13.6. The normalized spacial score (nSPS) is 18.8. The average molecular weight is 333 g/mol. The molecule has 1 aliphatic heterocycles. The fourth-order valence-corrected chi connectivity index (χ4v) is 2.74. The van der Waals surface area contributed by atoms with Gasteiger partial charge in [0.2, 0.25) is 0 Å². The highest BCUT2D eigenvalue weighted by Gasteiger charge is 2.26. The van der Waals surface area contributed by atoms with Crippen molar-refractivity contribution in [3.63, 3.8) is 0 Å². The number of carbonyl (C=O) groups excluding carboxylic acids is 1. The number of anilines is 1. The third-order valence-corrected chi connectivity index (χ3v) is 4.00. The van der Waals surface area contributed by atoms with Crippen molar-refractivity contribution in [2.45, 2.75) is 38.7 Å². The number of rotatable bonds is 3. The van der Waals surface area contributed by atoms with E-state index in [1.165, 1.54) is 7.11 Å². The highest BCUT2D eigenvalue weighted by molar-refractivity contribution is 5.69. The molecule has 1 saturated heterocycles. The molecule has 2 aromatic rings. The summed E-state index contributed by atoms with van der Waals surface area (Å²) in [6.07, 6.45) is 0.0569. The van der Waals surface area contributed by atoms with E-state index in [2.05, 4.69) is 35.9 Å². The summed E-state index contributed by atoms with van der Waals surface area (Å²) < 4.78 is 12.2. The van der Waals surface area contributed by atoms with Crippen molar-refractivity contribution < 1.29 is 14.3 Å². The standard InChI is InChI=1S/C16H23N5O3/c1-16(2,3)15-18-17-12-5-6-13(19-21(12)15)20-7-8-24-11(10-20)9-14(22)23-4/h5-6,11H,7-10H2,1-4H3. The summed E-state index contributed by atoms with van der Waals surface area (Å²) in [5, 5.41) is 13.2. The fraction of sp³-hybridized carbons (Fsp3) is 0.625. The van der Waals surface area contributed by atoms with Crippen molar-refractivity contribution in [1.82, 2.24) is 19.8 Å². The van der Waals surface area contributed by atoms with Gasteiger partial charge in [-0.1, -0.05) is 20.8 Å². The summed E-state index contributed by atoms with van der Waals surface area (Å²) in [7, 11) is 1.39. The van der Waals surface area contributed by atoms with E-state index < -0.39 is 0 Å². The van der Waals surface area contributed by atoms with Crippen LogP contribution in [0, 0.1) is 0 Å². The van der Waals surface area contributed by atoms with E-state index in [1.54, 1.807) is 4.52 Å². The topological polar surface area (TPSA) is 81.9 Å². The number of esters is 1. The number of morpholine rings is 1. The summed E-state index contributed by atoms with van der Waals surface area (Å²) in [6, 6.07) is 3.84. The van der Waals surface area contributed by atoms with Gasteiger partial charge in [-0.05, 0) is 12.1 Å². The third-order valence-electron chi connectivity index (χ3n) is 4.00. The van der Waals surface area contributed by atoms with Crippen LogP contribution in [0.5, 0.6) is 0 Å². The largest absolute Gasteiger partial charge is 0.469 e. The quantitative estimate of drug-likeness (QED) is 0.780. The van der Waals surface area contributed by atoms with Crippen LogP contribution >= 0.6 is 0 Å².